The van der Waals surface area contributed by atoms with Crippen LogP contribution in [0.1, 0.15) is 36.7 Å². The summed E-state index contributed by atoms with van der Waals surface area (Å²) in [6.07, 6.45) is 4.12. The summed E-state index contributed by atoms with van der Waals surface area (Å²) in [5, 5.41) is 3.91. The van der Waals surface area contributed by atoms with Crippen LogP contribution in [-0.2, 0) is 4.74 Å². The fourth-order valence-corrected chi connectivity index (χ4v) is 1.80. The number of carbonyl (C=O) groups is 1. The number of hydrogen-bond donors (Lipinski definition) is 1. The molecule has 0 unspecified atom stereocenters. The monoisotopic (exact) mass is 346 g/mol. The maximum atomic E-state index is 13.9. The lowest BCUT2D eigenvalue weighted by Crippen LogP contribution is -2.23. The van der Waals surface area contributed by atoms with Crippen LogP contribution < -0.4 is 10.2 Å². The summed E-state index contributed by atoms with van der Waals surface area (Å²) in [5.41, 5.74) is 2.58. The van der Waals surface area contributed by atoms with Crippen LogP contribution in [0.2, 0.25) is 0 Å². The first kappa shape index (κ1) is 18.3. The highest BCUT2D eigenvalue weighted by Gasteiger charge is 2.18. The molecule has 0 saturated carbocycles. The molecule has 0 radical (unpaired) electrons. The molecule has 8 heteroatoms. The van der Waals surface area contributed by atoms with Crippen molar-refractivity contribution in [2.24, 2.45) is 5.10 Å². The molecule has 2 rings (SSSR count). The fraction of sp³-hybridized carbons (Fsp3) is 0.294. The lowest BCUT2D eigenvalue weighted by molar-refractivity contribution is 0.00694. The van der Waals surface area contributed by atoms with Crippen LogP contribution in [0.15, 0.2) is 35.7 Å². The van der Waals surface area contributed by atoms with Crippen molar-refractivity contribution in [1.82, 2.24) is 9.97 Å². The van der Waals surface area contributed by atoms with Gasteiger partial charge in [-0.2, -0.15) is 5.10 Å². The Balaban J connectivity index is 2.09. The molecule has 2 aromatic heterocycles. The topological polar surface area (TPSA) is 85.7 Å². The summed E-state index contributed by atoms with van der Waals surface area (Å²) < 4.78 is 24.0. The first-order chi connectivity index (χ1) is 11.8. The van der Waals surface area contributed by atoms with E-state index >= 15 is 0 Å². The Morgan fingerprint density at radius 2 is 2.00 bits per heavy atom. The van der Waals surface area contributed by atoms with Gasteiger partial charge in [-0.3, -0.25) is 5.43 Å². The lowest BCUT2D eigenvalue weighted by Gasteiger charge is -2.19. The highest BCUT2D eigenvalue weighted by molar-refractivity contribution is 5.90. The molecule has 0 fully saturated rings. The van der Waals surface area contributed by atoms with Crippen molar-refractivity contribution < 1.29 is 18.7 Å². The van der Waals surface area contributed by atoms with Gasteiger partial charge in [0.25, 0.3) is 5.88 Å². The van der Waals surface area contributed by atoms with E-state index in [1.807, 2.05) is 0 Å². The maximum Gasteiger partial charge on any atom is 0.338 e. The van der Waals surface area contributed by atoms with Gasteiger partial charge in [0.1, 0.15) is 11.4 Å². The molecule has 7 nitrogen and oxygen atoms in total. The van der Waals surface area contributed by atoms with Crippen LogP contribution in [0.5, 0.6) is 5.88 Å². The molecule has 0 aliphatic rings. The van der Waals surface area contributed by atoms with Crippen molar-refractivity contribution in [3.8, 4) is 5.88 Å². The third kappa shape index (κ3) is 5.23. The van der Waals surface area contributed by atoms with E-state index in [2.05, 4.69) is 20.5 Å². The normalized spacial score (nSPS) is 11.4. The third-order valence-electron chi connectivity index (χ3n) is 2.86. The predicted octanol–water partition coefficient (Wildman–Crippen LogP) is 3.03. The standard InChI is InChI=1S/C17H19FN4O3/c1-17(2,3)25-16(23)11-5-7-19-13(9-11)22-21-10-12-6-8-20-15(24-4)14(12)18/h5-10H,1-4H3,(H,19,22)/b21-10+. The molecule has 1 N–H and O–H groups in total. The molecular weight excluding hydrogens is 327 g/mol. The van der Waals surface area contributed by atoms with Crippen LogP contribution in [0.4, 0.5) is 10.2 Å². The Labute approximate surface area is 144 Å². The number of hydrazone groups is 1. The first-order valence-corrected chi connectivity index (χ1v) is 7.47. The number of hydrogen-bond acceptors (Lipinski definition) is 7. The van der Waals surface area contributed by atoms with Gasteiger partial charge in [0, 0.05) is 18.0 Å². The molecule has 2 heterocycles. The second-order valence-corrected chi connectivity index (χ2v) is 6.03. The number of halogens is 1. The highest BCUT2D eigenvalue weighted by atomic mass is 19.1. The van der Waals surface area contributed by atoms with Crippen molar-refractivity contribution in [3.05, 3.63) is 47.5 Å². The number of nitrogens with zero attached hydrogens (tertiary/aromatic N) is 3. The predicted molar refractivity (Wildman–Crippen MR) is 91.4 cm³/mol. The van der Waals surface area contributed by atoms with Gasteiger partial charge in [-0.05, 0) is 39.0 Å². The number of pyridine rings is 2. The van der Waals surface area contributed by atoms with Crippen LogP contribution in [0.25, 0.3) is 0 Å². The molecule has 0 atom stereocenters. The molecule has 132 valence electrons. The molecule has 2 aromatic rings. The van der Waals surface area contributed by atoms with Gasteiger partial charge < -0.3 is 9.47 Å². The maximum absolute atomic E-state index is 13.9. The minimum Gasteiger partial charge on any atom is -0.479 e. The van der Waals surface area contributed by atoms with E-state index in [0.29, 0.717) is 11.4 Å². The smallest absolute Gasteiger partial charge is 0.338 e. The van der Waals surface area contributed by atoms with Crippen LogP contribution in [-0.4, -0.2) is 34.9 Å². The largest absolute Gasteiger partial charge is 0.479 e. The SMILES string of the molecule is COc1nccc(/C=N/Nc2cc(C(=O)OC(C)(C)C)ccn2)c1F. The Morgan fingerprint density at radius 1 is 1.28 bits per heavy atom. The molecule has 25 heavy (non-hydrogen) atoms. The van der Waals surface area contributed by atoms with Crippen LogP contribution in [0, 0.1) is 5.82 Å². The average molecular weight is 346 g/mol. The van der Waals surface area contributed by atoms with Gasteiger partial charge in [-0.15, -0.1) is 0 Å². The number of methoxy groups -OCH3 is 1. The van der Waals surface area contributed by atoms with Gasteiger partial charge >= 0.3 is 5.97 Å². The molecule has 0 aliphatic heterocycles. The molecule has 0 amide bonds. The van der Waals surface area contributed by atoms with E-state index in [1.54, 1.807) is 20.8 Å². The summed E-state index contributed by atoms with van der Waals surface area (Å²) in [7, 11) is 1.33. The number of carbonyl (C=O) groups excluding carboxylic acids is 1. The van der Waals surface area contributed by atoms with Crippen molar-refractivity contribution in [3.63, 3.8) is 0 Å². The Morgan fingerprint density at radius 3 is 2.68 bits per heavy atom. The number of esters is 1. The molecule has 0 aliphatic carbocycles. The third-order valence-corrected chi connectivity index (χ3v) is 2.86. The van der Waals surface area contributed by atoms with Crippen LogP contribution in [0.3, 0.4) is 0 Å². The zero-order valence-corrected chi connectivity index (χ0v) is 14.4. The van der Waals surface area contributed by atoms with E-state index in [1.165, 1.54) is 43.9 Å². The van der Waals surface area contributed by atoms with Gasteiger partial charge in [0.15, 0.2) is 5.82 Å². The van der Waals surface area contributed by atoms with E-state index in [0.717, 1.165) is 0 Å². The molecule has 0 aromatic carbocycles. The summed E-state index contributed by atoms with van der Waals surface area (Å²) in [4.78, 5) is 19.8. The number of anilines is 1. The molecular formula is C17H19FN4O3. The van der Waals surface area contributed by atoms with Gasteiger partial charge in [0.05, 0.1) is 18.9 Å². The Bertz CT molecular complexity index is 788. The Kier molecular flexibility index (Phi) is 5.63. The van der Waals surface area contributed by atoms with E-state index in [9.17, 15) is 9.18 Å². The number of rotatable bonds is 5. The summed E-state index contributed by atoms with van der Waals surface area (Å²) in [6, 6.07) is 4.48. The van der Waals surface area contributed by atoms with E-state index in [4.69, 9.17) is 9.47 Å². The summed E-state index contributed by atoms with van der Waals surface area (Å²) >= 11 is 0. The zero-order chi connectivity index (χ0) is 18.4. The number of nitrogens with one attached hydrogen (secondary N) is 1. The zero-order valence-electron chi connectivity index (χ0n) is 14.4. The highest BCUT2D eigenvalue weighted by Crippen LogP contribution is 2.16. The van der Waals surface area contributed by atoms with Gasteiger partial charge in [-0.1, -0.05) is 0 Å². The Hall–Kier alpha value is -3.03. The second-order valence-electron chi connectivity index (χ2n) is 6.03. The van der Waals surface area contributed by atoms with Crippen molar-refractivity contribution in [1.29, 1.82) is 0 Å². The number of ether oxygens (including phenoxy) is 2. The molecule has 0 spiro atoms. The van der Waals surface area contributed by atoms with E-state index in [-0.39, 0.29) is 11.4 Å². The van der Waals surface area contributed by atoms with Crippen molar-refractivity contribution in [2.45, 2.75) is 26.4 Å². The van der Waals surface area contributed by atoms with Crippen molar-refractivity contribution >= 4 is 18.0 Å². The lowest BCUT2D eigenvalue weighted by atomic mass is 10.2. The molecule has 0 bridgehead atoms. The van der Waals surface area contributed by atoms with Gasteiger partial charge in [-0.25, -0.2) is 19.2 Å². The quantitative estimate of drug-likeness (QED) is 0.509. The number of aromatic nitrogens is 2. The minimum absolute atomic E-state index is 0.117. The minimum atomic E-state index is -0.619. The van der Waals surface area contributed by atoms with Gasteiger partial charge in [0.2, 0.25) is 0 Å². The van der Waals surface area contributed by atoms with Crippen LogP contribution >= 0.6 is 0 Å². The fourth-order valence-electron chi connectivity index (χ4n) is 1.80. The van der Waals surface area contributed by atoms with Crippen molar-refractivity contribution in [2.75, 3.05) is 12.5 Å². The second kappa shape index (κ2) is 7.69. The molecule has 0 saturated heterocycles. The first-order valence-electron chi connectivity index (χ1n) is 7.47. The van der Waals surface area contributed by atoms with E-state index < -0.39 is 17.4 Å². The summed E-state index contributed by atoms with van der Waals surface area (Å²) in [6.45, 7) is 5.35. The average Bonchev–Trinajstić information content (AvgIpc) is 2.55. The summed E-state index contributed by atoms with van der Waals surface area (Å²) in [5.74, 6) is -0.882.